The molecule has 4 rings (SSSR count). The van der Waals surface area contributed by atoms with Gasteiger partial charge in [-0.2, -0.15) is 10.1 Å². The van der Waals surface area contributed by atoms with Crippen LogP contribution in [0.2, 0.25) is 0 Å². The molecule has 2 heterocycles. The molecule has 0 radical (unpaired) electrons. The van der Waals surface area contributed by atoms with Crippen molar-refractivity contribution >= 4 is 40.7 Å². The van der Waals surface area contributed by atoms with E-state index in [0.717, 1.165) is 16.8 Å². The number of hydrazone groups is 1. The molecule has 11 heteroatoms. The zero-order valence-electron chi connectivity index (χ0n) is 18.3. The number of aliphatic imine (C=N–C) groups is 1. The van der Waals surface area contributed by atoms with Crippen LogP contribution in [0.15, 0.2) is 69.5 Å². The fourth-order valence-corrected chi connectivity index (χ4v) is 4.47. The van der Waals surface area contributed by atoms with Gasteiger partial charge in [0.15, 0.2) is 10.9 Å². The van der Waals surface area contributed by atoms with Crippen LogP contribution in [-0.2, 0) is 16.6 Å². The van der Waals surface area contributed by atoms with E-state index in [4.69, 9.17) is 0 Å². The van der Waals surface area contributed by atoms with Crippen molar-refractivity contribution in [2.75, 3.05) is 0 Å². The van der Waals surface area contributed by atoms with E-state index in [0.29, 0.717) is 16.9 Å². The van der Waals surface area contributed by atoms with Crippen molar-refractivity contribution in [3.63, 3.8) is 0 Å². The molecule has 3 aromatic rings. The number of para-hydroxylation sites is 2. The number of nitrogens with zero attached hydrogens (tertiary/aromatic N) is 5. The monoisotopic (exact) mass is 478 g/mol. The van der Waals surface area contributed by atoms with E-state index < -0.39 is 29.1 Å². The fraction of sp³-hybridized carbons (Fsp3) is 0.174. The molecule has 0 bridgehead atoms. The van der Waals surface area contributed by atoms with Gasteiger partial charge in [0.1, 0.15) is 5.75 Å². The summed E-state index contributed by atoms with van der Waals surface area (Å²) in [6.45, 7) is 1.72. The Labute approximate surface area is 198 Å². The molecule has 2 aromatic carbocycles. The molecule has 1 fully saturated rings. The second-order valence-electron chi connectivity index (χ2n) is 7.44. The number of carboxylic acids is 1. The van der Waals surface area contributed by atoms with Gasteiger partial charge in [-0.05, 0) is 31.2 Å². The maximum Gasteiger partial charge on any atom is 0.297 e. The SMILES string of the molecule is Cc1c(N=C2S[C@@H](CC(=O)[O-])C(=O)N2/N=C/c2ccccc2O)c(=O)n(-c2ccccc2)n1C. The number of phenols is 1. The van der Waals surface area contributed by atoms with Gasteiger partial charge in [-0.15, -0.1) is 0 Å². The van der Waals surface area contributed by atoms with Crippen LogP contribution in [0.25, 0.3) is 5.69 Å². The van der Waals surface area contributed by atoms with Crippen LogP contribution < -0.4 is 10.7 Å². The van der Waals surface area contributed by atoms with Crippen molar-refractivity contribution in [3.05, 3.63) is 76.2 Å². The number of carbonyl (C=O) groups is 2. The lowest BCUT2D eigenvalue weighted by Gasteiger charge is -2.10. The van der Waals surface area contributed by atoms with Gasteiger partial charge in [-0.25, -0.2) is 9.67 Å². The molecule has 0 saturated carbocycles. The third-order valence-electron chi connectivity index (χ3n) is 5.25. The summed E-state index contributed by atoms with van der Waals surface area (Å²) in [5, 5.41) is 25.2. The van der Waals surface area contributed by atoms with Crippen LogP contribution in [0.3, 0.4) is 0 Å². The number of amidine groups is 1. The fourth-order valence-electron chi connectivity index (χ4n) is 3.41. The number of carbonyl (C=O) groups excluding carboxylic acids is 2. The molecule has 1 aliphatic heterocycles. The zero-order chi connectivity index (χ0) is 24.4. The van der Waals surface area contributed by atoms with Crippen LogP contribution in [0.1, 0.15) is 17.7 Å². The van der Waals surface area contributed by atoms with Crippen molar-refractivity contribution in [1.82, 2.24) is 14.4 Å². The minimum absolute atomic E-state index is 0.0417. The maximum atomic E-state index is 13.2. The summed E-state index contributed by atoms with van der Waals surface area (Å²) in [5.41, 5.74) is 1.23. The number of aromatic nitrogens is 2. The van der Waals surface area contributed by atoms with Crippen LogP contribution in [-0.4, -0.2) is 48.0 Å². The number of hydrogen-bond donors (Lipinski definition) is 1. The highest BCUT2D eigenvalue weighted by atomic mass is 32.2. The molecule has 0 spiro atoms. The molecule has 174 valence electrons. The van der Waals surface area contributed by atoms with Crippen LogP contribution in [0.4, 0.5) is 5.69 Å². The smallest absolute Gasteiger partial charge is 0.297 e. The topological polar surface area (TPSA) is 132 Å². The number of hydrogen-bond acceptors (Lipinski definition) is 8. The first kappa shape index (κ1) is 23.1. The number of thioether (sulfide) groups is 1. The zero-order valence-corrected chi connectivity index (χ0v) is 19.1. The largest absolute Gasteiger partial charge is 0.550 e. The third kappa shape index (κ3) is 4.37. The Bertz CT molecular complexity index is 1380. The van der Waals surface area contributed by atoms with Gasteiger partial charge in [0.25, 0.3) is 11.5 Å². The second kappa shape index (κ2) is 9.40. The molecule has 1 saturated heterocycles. The second-order valence-corrected chi connectivity index (χ2v) is 8.61. The third-order valence-corrected chi connectivity index (χ3v) is 6.37. The van der Waals surface area contributed by atoms with Gasteiger partial charge < -0.3 is 15.0 Å². The maximum absolute atomic E-state index is 13.2. The number of benzene rings is 2. The van der Waals surface area contributed by atoms with Gasteiger partial charge in [0.05, 0.1) is 22.8 Å². The van der Waals surface area contributed by atoms with E-state index in [-0.39, 0.29) is 16.6 Å². The van der Waals surface area contributed by atoms with E-state index >= 15 is 0 Å². The van der Waals surface area contributed by atoms with Gasteiger partial charge in [0.2, 0.25) is 0 Å². The van der Waals surface area contributed by atoms with E-state index in [2.05, 4.69) is 10.1 Å². The number of phenolic OH excluding ortho intramolecular Hbond substituents is 1. The van der Waals surface area contributed by atoms with E-state index in [1.165, 1.54) is 17.0 Å². The average molecular weight is 479 g/mol. The summed E-state index contributed by atoms with van der Waals surface area (Å²) in [6, 6.07) is 15.4. The molecule has 1 N–H and O–H groups in total. The quantitative estimate of drug-likeness (QED) is 0.531. The van der Waals surface area contributed by atoms with Crippen LogP contribution in [0, 0.1) is 6.92 Å². The Morgan fingerprint density at radius 3 is 2.50 bits per heavy atom. The Kier molecular flexibility index (Phi) is 6.37. The average Bonchev–Trinajstić information content (AvgIpc) is 3.21. The van der Waals surface area contributed by atoms with E-state index in [1.54, 1.807) is 61.1 Å². The summed E-state index contributed by atoms with van der Waals surface area (Å²) in [5.74, 6) is -2.05. The van der Waals surface area contributed by atoms with Gasteiger partial charge in [-0.1, -0.05) is 42.1 Å². The highest BCUT2D eigenvalue weighted by Crippen LogP contribution is 2.32. The highest BCUT2D eigenvalue weighted by molar-refractivity contribution is 8.15. The molecular weight excluding hydrogens is 458 g/mol. The van der Waals surface area contributed by atoms with Crippen molar-refractivity contribution in [2.45, 2.75) is 18.6 Å². The number of amides is 1. The molecular formula is C23H20N5O5S-. The normalized spacial score (nSPS) is 17.2. The summed E-state index contributed by atoms with van der Waals surface area (Å²) < 4.78 is 3.09. The lowest BCUT2D eigenvalue weighted by atomic mass is 10.2. The molecule has 1 aliphatic rings. The standard InChI is InChI=1S/C23H21N5O5S/c1-14-20(22(33)28(26(14)2)16-9-4-3-5-10-16)25-23-27(21(32)18(34-23)12-19(30)31)24-13-15-8-6-7-11-17(15)29/h3-11,13,18,29H,12H2,1-2H3,(H,30,31)/p-1/b24-13+,25-23?/t18-/m0/s1. The predicted octanol–water partition coefficient (Wildman–Crippen LogP) is 1.30. The number of rotatable bonds is 6. The summed E-state index contributed by atoms with van der Waals surface area (Å²) >= 11 is 0.890. The van der Waals surface area contributed by atoms with E-state index in [1.807, 2.05) is 6.07 Å². The summed E-state index contributed by atoms with van der Waals surface area (Å²) in [6.07, 6.45) is 0.734. The first-order valence-electron chi connectivity index (χ1n) is 10.2. The first-order chi connectivity index (χ1) is 16.3. The van der Waals surface area contributed by atoms with Crippen molar-refractivity contribution in [1.29, 1.82) is 0 Å². The van der Waals surface area contributed by atoms with Crippen LogP contribution in [0.5, 0.6) is 5.75 Å². The molecule has 1 aromatic heterocycles. The number of carboxylic acid groups (broad SMARTS) is 1. The Hall–Kier alpha value is -4.12. The van der Waals surface area contributed by atoms with Gasteiger partial charge >= 0.3 is 0 Å². The lowest BCUT2D eigenvalue weighted by Crippen LogP contribution is -2.32. The lowest BCUT2D eigenvalue weighted by molar-refractivity contribution is -0.305. The molecule has 0 aliphatic carbocycles. The van der Waals surface area contributed by atoms with Crippen LogP contribution >= 0.6 is 11.8 Å². The Morgan fingerprint density at radius 2 is 1.82 bits per heavy atom. The van der Waals surface area contributed by atoms with Crippen molar-refractivity contribution in [3.8, 4) is 11.4 Å². The van der Waals surface area contributed by atoms with Crippen molar-refractivity contribution < 1.29 is 19.8 Å². The van der Waals surface area contributed by atoms with E-state index in [9.17, 15) is 24.6 Å². The Morgan fingerprint density at radius 1 is 1.15 bits per heavy atom. The Balaban J connectivity index is 1.78. The molecule has 34 heavy (non-hydrogen) atoms. The summed E-state index contributed by atoms with van der Waals surface area (Å²) in [4.78, 5) is 41.7. The number of aliphatic carboxylic acids is 1. The minimum Gasteiger partial charge on any atom is -0.550 e. The number of aromatic hydroxyl groups is 1. The minimum atomic E-state index is -1.39. The highest BCUT2D eigenvalue weighted by Gasteiger charge is 2.39. The molecule has 10 nitrogen and oxygen atoms in total. The van der Waals surface area contributed by atoms with Gasteiger partial charge in [-0.3, -0.25) is 14.3 Å². The van der Waals surface area contributed by atoms with Gasteiger partial charge in [0, 0.05) is 25.0 Å². The molecule has 1 atom stereocenters. The molecule has 1 amide bonds. The first-order valence-corrected chi connectivity index (χ1v) is 11.1. The van der Waals surface area contributed by atoms with Crippen molar-refractivity contribution in [2.24, 2.45) is 17.1 Å². The molecule has 0 unspecified atom stereocenters. The predicted molar refractivity (Wildman–Crippen MR) is 126 cm³/mol. The summed E-state index contributed by atoms with van der Waals surface area (Å²) in [7, 11) is 1.72.